The average molecular weight is 301 g/mol. The van der Waals surface area contributed by atoms with Gasteiger partial charge in [0.15, 0.2) is 5.34 Å². The van der Waals surface area contributed by atoms with Crippen LogP contribution < -0.4 is 4.53 Å². The molecule has 0 aliphatic carbocycles. The van der Waals surface area contributed by atoms with Crippen molar-refractivity contribution in [2.75, 3.05) is 4.53 Å². The summed E-state index contributed by atoms with van der Waals surface area (Å²) in [5, 5.41) is 0.566. The summed E-state index contributed by atoms with van der Waals surface area (Å²) in [6, 6.07) is 7.09. The Morgan fingerprint density at radius 1 is 1.30 bits per heavy atom. The molecule has 0 bridgehead atoms. The number of nitrogens with zero attached hydrogens (tertiary/aromatic N) is 2. The van der Waals surface area contributed by atoms with Gasteiger partial charge in [-0.1, -0.05) is 19.1 Å². The van der Waals surface area contributed by atoms with Crippen LogP contribution in [0.4, 0.5) is 5.69 Å². The largest absolute Gasteiger partial charge is 0.331 e. The van der Waals surface area contributed by atoms with Gasteiger partial charge in [-0.3, -0.25) is 9.59 Å². The molecule has 0 aromatic heterocycles. The molecule has 0 fully saturated rings. The number of rotatable bonds is 6. The molecule has 0 aliphatic heterocycles. The highest BCUT2D eigenvalue weighted by molar-refractivity contribution is 6.24. The molecule has 0 heterocycles. The van der Waals surface area contributed by atoms with Crippen LogP contribution in [0.3, 0.4) is 0 Å². The van der Waals surface area contributed by atoms with Crippen LogP contribution in [0.5, 0.6) is 0 Å². The topological polar surface area (TPSA) is 59.1 Å². The maximum Gasteiger partial charge on any atom is 0.331 e. The first kappa shape index (κ1) is 16.3. The third-order valence-electron chi connectivity index (χ3n) is 2.20. The molecule has 7 heteroatoms. The maximum absolute atomic E-state index is 11.5. The van der Waals surface area contributed by atoms with Crippen LogP contribution in [0, 0.1) is 6.92 Å². The molecule has 1 rings (SSSR count). The predicted molar refractivity (Wildman–Crippen MR) is 74.1 cm³/mol. The van der Waals surface area contributed by atoms with E-state index in [4.69, 9.17) is 21.5 Å². The van der Waals surface area contributed by atoms with Crippen LogP contribution in [0.2, 0.25) is 0 Å². The fourth-order valence-corrected chi connectivity index (χ4v) is 1.54. The standard InChI is InChI=1S/C13H17ClN2O4/c1-4-6-13(18)20-16(19-11(3)17)15(14)12-8-5-7-10(2)9-12/h5,7-9H,4,6H2,1-3H3. The van der Waals surface area contributed by atoms with Crippen molar-refractivity contribution >= 4 is 29.4 Å². The second-order valence-corrected chi connectivity index (χ2v) is 4.45. The summed E-state index contributed by atoms with van der Waals surface area (Å²) in [6.45, 7) is 4.89. The molecule has 0 unspecified atom stereocenters. The summed E-state index contributed by atoms with van der Waals surface area (Å²) in [5.74, 6) is -1.21. The van der Waals surface area contributed by atoms with Crippen LogP contribution in [-0.2, 0) is 19.3 Å². The van der Waals surface area contributed by atoms with Gasteiger partial charge in [0.25, 0.3) is 0 Å². The summed E-state index contributed by atoms with van der Waals surface area (Å²) in [7, 11) is 0. The van der Waals surface area contributed by atoms with Gasteiger partial charge < -0.3 is 9.68 Å². The van der Waals surface area contributed by atoms with E-state index >= 15 is 0 Å². The summed E-state index contributed by atoms with van der Waals surface area (Å²) in [5.41, 5.74) is 1.45. The molecule has 0 saturated carbocycles. The predicted octanol–water partition coefficient (Wildman–Crippen LogP) is 2.91. The Morgan fingerprint density at radius 3 is 2.55 bits per heavy atom. The van der Waals surface area contributed by atoms with Gasteiger partial charge >= 0.3 is 11.9 Å². The van der Waals surface area contributed by atoms with Crippen molar-refractivity contribution in [2.24, 2.45) is 0 Å². The minimum absolute atomic E-state index is 0.191. The first-order valence-corrected chi connectivity index (χ1v) is 6.49. The van der Waals surface area contributed by atoms with Crippen LogP contribution in [0.1, 0.15) is 32.3 Å². The lowest BCUT2D eigenvalue weighted by Crippen LogP contribution is -2.39. The summed E-state index contributed by atoms with van der Waals surface area (Å²) in [4.78, 5) is 32.2. The van der Waals surface area contributed by atoms with Gasteiger partial charge in [-0.05, 0) is 31.0 Å². The molecule has 1 aromatic carbocycles. The number of aryl methyl sites for hydroxylation is 1. The fraction of sp³-hybridized carbons (Fsp3) is 0.385. The van der Waals surface area contributed by atoms with Crippen LogP contribution in [0.25, 0.3) is 0 Å². The molecule has 6 nitrogen and oxygen atoms in total. The minimum atomic E-state index is -0.660. The van der Waals surface area contributed by atoms with Gasteiger partial charge in [0.05, 0.1) is 5.69 Å². The molecule has 0 N–H and O–H groups in total. The Balaban J connectivity index is 2.86. The van der Waals surface area contributed by atoms with Gasteiger partial charge in [-0.25, -0.2) is 0 Å². The van der Waals surface area contributed by atoms with E-state index in [0.29, 0.717) is 17.4 Å². The van der Waals surface area contributed by atoms with E-state index in [1.807, 2.05) is 19.9 Å². The summed E-state index contributed by atoms with van der Waals surface area (Å²) < 4.78 is 0.919. The van der Waals surface area contributed by atoms with Gasteiger partial charge in [0.1, 0.15) is 0 Å². The molecule has 0 aliphatic rings. The highest BCUT2D eigenvalue weighted by Crippen LogP contribution is 2.21. The summed E-state index contributed by atoms with van der Waals surface area (Å²) >= 11 is 6.04. The molecule has 0 amide bonds. The quantitative estimate of drug-likeness (QED) is 0.595. The van der Waals surface area contributed by atoms with E-state index in [9.17, 15) is 9.59 Å². The molecular weight excluding hydrogens is 284 g/mol. The highest BCUT2D eigenvalue weighted by atomic mass is 35.5. The van der Waals surface area contributed by atoms with Gasteiger partial charge in [0.2, 0.25) is 0 Å². The molecule has 20 heavy (non-hydrogen) atoms. The number of carbonyl (C=O) groups is 2. The van der Waals surface area contributed by atoms with E-state index in [1.54, 1.807) is 18.2 Å². The van der Waals surface area contributed by atoms with E-state index in [-0.39, 0.29) is 6.42 Å². The minimum Gasteiger partial charge on any atom is -0.314 e. The second kappa shape index (κ2) is 7.72. The zero-order chi connectivity index (χ0) is 15.1. The number of hydrogen-bond donors (Lipinski definition) is 0. The van der Waals surface area contributed by atoms with Crippen LogP contribution in [-0.4, -0.2) is 17.3 Å². The van der Waals surface area contributed by atoms with Gasteiger partial charge in [-0.15, -0.1) is 4.53 Å². The Morgan fingerprint density at radius 2 is 2.00 bits per heavy atom. The molecule has 0 radical (unpaired) electrons. The Bertz CT molecular complexity index is 481. The molecule has 0 saturated heterocycles. The lowest BCUT2D eigenvalue weighted by molar-refractivity contribution is -0.321. The summed E-state index contributed by atoms with van der Waals surface area (Å²) in [6.07, 6.45) is 0.801. The molecule has 1 aromatic rings. The smallest absolute Gasteiger partial charge is 0.314 e. The zero-order valence-corrected chi connectivity index (χ0v) is 12.4. The van der Waals surface area contributed by atoms with Crippen molar-refractivity contribution in [3.63, 3.8) is 0 Å². The van der Waals surface area contributed by atoms with Crippen molar-refractivity contribution < 1.29 is 19.3 Å². The third-order valence-corrected chi connectivity index (χ3v) is 2.52. The van der Waals surface area contributed by atoms with Crippen molar-refractivity contribution in [1.82, 2.24) is 5.34 Å². The normalized spacial score (nSPS) is 10.2. The lowest BCUT2D eigenvalue weighted by atomic mass is 10.2. The third kappa shape index (κ3) is 5.07. The Labute approximate surface area is 122 Å². The van der Waals surface area contributed by atoms with Crippen molar-refractivity contribution in [1.29, 1.82) is 0 Å². The SMILES string of the molecule is CCCC(=O)ON(OC(C)=O)N(Cl)c1cccc(C)c1. The molecular formula is C13H17ClN2O4. The highest BCUT2D eigenvalue weighted by Gasteiger charge is 2.23. The first-order chi connectivity index (χ1) is 9.43. The maximum atomic E-state index is 11.5. The molecule has 110 valence electrons. The van der Waals surface area contributed by atoms with Crippen LogP contribution >= 0.6 is 11.8 Å². The lowest BCUT2D eigenvalue weighted by Gasteiger charge is -2.25. The Hall–Kier alpha value is -1.79. The zero-order valence-electron chi connectivity index (χ0n) is 11.6. The number of hydrogen-bond acceptors (Lipinski definition) is 6. The average Bonchev–Trinajstić information content (AvgIpc) is 2.37. The second-order valence-electron chi connectivity index (χ2n) is 4.13. The van der Waals surface area contributed by atoms with E-state index < -0.39 is 11.9 Å². The van der Waals surface area contributed by atoms with Crippen molar-refractivity contribution in [3.05, 3.63) is 29.8 Å². The number of carbonyl (C=O) groups excluding carboxylic acids is 2. The number of anilines is 1. The Kier molecular flexibility index (Phi) is 6.27. The van der Waals surface area contributed by atoms with Crippen molar-refractivity contribution in [3.8, 4) is 0 Å². The van der Waals surface area contributed by atoms with Gasteiger partial charge in [0, 0.05) is 25.1 Å². The number of benzene rings is 1. The molecule has 0 atom stereocenters. The van der Waals surface area contributed by atoms with E-state index in [0.717, 1.165) is 10.1 Å². The van der Waals surface area contributed by atoms with E-state index in [2.05, 4.69) is 0 Å². The monoisotopic (exact) mass is 300 g/mol. The number of hydrazine groups is 1. The number of halogens is 1. The fourth-order valence-electron chi connectivity index (χ4n) is 1.37. The van der Waals surface area contributed by atoms with Gasteiger partial charge in [-0.2, -0.15) is 0 Å². The van der Waals surface area contributed by atoms with Crippen molar-refractivity contribution in [2.45, 2.75) is 33.6 Å². The molecule has 0 spiro atoms. The van der Waals surface area contributed by atoms with E-state index in [1.165, 1.54) is 6.92 Å². The first-order valence-electron chi connectivity index (χ1n) is 6.16. The van der Waals surface area contributed by atoms with Crippen LogP contribution in [0.15, 0.2) is 24.3 Å².